The van der Waals surface area contributed by atoms with E-state index < -0.39 is 6.04 Å². The molecule has 0 aromatic carbocycles. The van der Waals surface area contributed by atoms with E-state index in [-0.39, 0.29) is 18.0 Å². The molecule has 2 N–H and O–H groups in total. The molecule has 2 fully saturated rings. The second kappa shape index (κ2) is 7.06. The van der Waals surface area contributed by atoms with Gasteiger partial charge in [-0.25, -0.2) is 9.78 Å². The van der Waals surface area contributed by atoms with Gasteiger partial charge in [0.15, 0.2) is 5.82 Å². The van der Waals surface area contributed by atoms with E-state index >= 15 is 0 Å². The summed E-state index contributed by atoms with van der Waals surface area (Å²) in [6.45, 7) is 0.624. The van der Waals surface area contributed by atoms with Crippen LogP contribution in [0.25, 0.3) is 0 Å². The lowest BCUT2D eigenvalue weighted by molar-refractivity contribution is -0.121. The van der Waals surface area contributed by atoms with Gasteiger partial charge in [0.25, 0.3) is 5.91 Å². The van der Waals surface area contributed by atoms with Crippen molar-refractivity contribution < 1.29 is 9.59 Å². The molecular formula is C17H22N6O2S. The quantitative estimate of drug-likeness (QED) is 0.835. The predicted molar refractivity (Wildman–Crippen MR) is 97.8 cm³/mol. The van der Waals surface area contributed by atoms with Crippen LogP contribution < -0.4 is 15.5 Å². The number of piperidine rings is 1. The number of hydrogen-bond acceptors (Lipinski definition) is 5. The highest BCUT2D eigenvalue weighted by molar-refractivity contribution is 7.09. The Labute approximate surface area is 155 Å². The number of aryl methyl sites for hydroxylation is 1. The van der Waals surface area contributed by atoms with Crippen LogP contribution >= 0.6 is 11.3 Å². The van der Waals surface area contributed by atoms with Gasteiger partial charge in [0.05, 0.1) is 6.04 Å². The van der Waals surface area contributed by atoms with Crippen molar-refractivity contribution in [2.75, 3.05) is 11.4 Å². The van der Waals surface area contributed by atoms with Gasteiger partial charge in [-0.1, -0.05) is 0 Å². The molecule has 1 aliphatic carbocycles. The predicted octanol–water partition coefficient (Wildman–Crippen LogP) is 1.82. The minimum Gasteiger partial charge on any atom is -0.329 e. The van der Waals surface area contributed by atoms with Crippen LogP contribution in [0, 0.1) is 5.92 Å². The number of nitrogens with one attached hydrogen (secondary N) is 2. The minimum absolute atomic E-state index is 0.0689. The highest BCUT2D eigenvalue weighted by Gasteiger charge is 2.36. The number of carbonyl (C=O) groups excluding carboxylic acids is 2. The summed E-state index contributed by atoms with van der Waals surface area (Å²) in [6, 6.07) is 0.909. The normalized spacial score (nSPS) is 21.5. The zero-order chi connectivity index (χ0) is 18.1. The first-order chi connectivity index (χ1) is 12.6. The molecule has 1 saturated carbocycles. The minimum atomic E-state index is -0.526. The van der Waals surface area contributed by atoms with Crippen molar-refractivity contribution in [2.24, 2.45) is 13.0 Å². The molecule has 2 aromatic rings. The zero-order valence-corrected chi connectivity index (χ0v) is 15.4. The van der Waals surface area contributed by atoms with Crippen LogP contribution in [0.3, 0.4) is 0 Å². The average Bonchev–Trinajstić information content (AvgIpc) is 3.13. The van der Waals surface area contributed by atoms with Crippen LogP contribution in [-0.2, 0) is 11.8 Å². The lowest BCUT2D eigenvalue weighted by atomic mass is 10.0. The molecule has 1 aliphatic heterocycles. The highest BCUT2D eigenvalue weighted by Crippen LogP contribution is 2.41. The second-order valence-corrected chi connectivity index (χ2v) is 7.76. The fraction of sp³-hybridized carbons (Fsp3) is 0.529. The van der Waals surface area contributed by atoms with Gasteiger partial charge in [-0.2, -0.15) is 5.10 Å². The van der Waals surface area contributed by atoms with E-state index in [1.165, 1.54) is 0 Å². The Morgan fingerprint density at radius 3 is 2.88 bits per heavy atom. The van der Waals surface area contributed by atoms with E-state index in [0.29, 0.717) is 24.7 Å². The van der Waals surface area contributed by atoms with Gasteiger partial charge < -0.3 is 10.6 Å². The summed E-state index contributed by atoms with van der Waals surface area (Å²) in [5, 5.41) is 13.0. The van der Waals surface area contributed by atoms with Crippen molar-refractivity contribution in [3.05, 3.63) is 28.8 Å². The molecule has 3 heterocycles. The summed E-state index contributed by atoms with van der Waals surface area (Å²) in [4.78, 5) is 31.2. The largest absolute Gasteiger partial charge is 0.329 e. The van der Waals surface area contributed by atoms with E-state index in [1.807, 2.05) is 18.5 Å². The fourth-order valence-corrected chi connectivity index (χ4v) is 4.10. The van der Waals surface area contributed by atoms with Gasteiger partial charge in [-0.05, 0) is 31.6 Å². The number of anilines is 1. The molecule has 2 aliphatic rings. The lowest BCUT2D eigenvalue weighted by Gasteiger charge is -2.31. The molecule has 1 saturated heterocycles. The Bertz CT molecular complexity index is 785. The number of thiazole rings is 1. The molecule has 138 valence electrons. The summed E-state index contributed by atoms with van der Waals surface area (Å²) in [5.41, 5.74) is 0. The molecule has 26 heavy (non-hydrogen) atoms. The number of rotatable bonds is 5. The Balaban J connectivity index is 1.39. The van der Waals surface area contributed by atoms with Crippen LogP contribution in [0.4, 0.5) is 10.6 Å². The third-order valence-corrected chi connectivity index (χ3v) is 5.68. The Morgan fingerprint density at radius 2 is 2.23 bits per heavy atom. The van der Waals surface area contributed by atoms with E-state index in [1.54, 1.807) is 33.3 Å². The smallest absolute Gasteiger partial charge is 0.316 e. The molecule has 0 radical (unpaired) electrons. The van der Waals surface area contributed by atoms with Crippen LogP contribution in [0.5, 0.6) is 0 Å². The van der Waals surface area contributed by atoms with Gasteiger partial charge in [-0.3, -0.25) is 14.4 Å². The SMILES string of the molecule is Cn1ccc(N2CCCC(NC(=O)NC(c3nccs3)C3CC3)C2=O)n1. The van der Waals surface area contributed by atoms with Crippen LogP contribution in [0.1, 0.15) is 36.7 Å². The first-order valence-electron chi connectivity index (χ1n) is 8.89. The number of carbonyl (C=O) groups is 2. The number of urea groups is 1. The van der Waals surface area contributed by atoms with E-state index in [4.69, 9.17) is 0 Å². The standard InChI is InChI=1S/C17H22N6O2S/c1-22-9-6-13(21-22)23-8-2-3-12(16(23)24)19-17(25)20-14(11-4-5-11)15-18-7-10-26-15/h6-7,9-12,14H,2-5,8H2,1H3,(H2,19,20,25). The summed E-state index contributed by atoms with van der Waals surface area (Å²) in [5.74, 6) is 0.962. The van der Waals surface area contributed by atoms with Crippen molar-refractivity contribution in [2.45, 2.75) is 37.8 Å². The van der Waals surface area contributed by atoms with Crippen molar-refractivity contribution in [3.8, 4) is 0 Å². The summed E-state index contributed by atoms with van der Waals surface area (Å²) < 4.78 is 1.67. The molecule has 3 amide bonds. The molecule has 8 nitrogen and oxygen atoms in total. The second-order valence-electron chi connectivity index (χ2n) is 6.84. The van der Waals surface area contributed by atoms with Gasteiger partial charge in [0.1, 0.15) is 11.0 Å². The van der Waals surface area contributed by atoms with Gasteiger partial charge >= 0.3 is 6.03 Å². The van der Waals surface area contributed by atoms with Crippen LogP contribution in [-0.4, -0.2) is 39.3 Å². The highest BCUT2D eigenvalue weighted by atomic mass is 32.1. The maximum Gasteiger partial charge on any atom is 0.316 e. The van der Waals surface area contributed by atoms with Crippen molar-refractivity contribution in [1.82, 2.24) is 25.4 Å². The molecule has 2 unspecified atom stereocenters. The Hall–Kier alpha value is -2.42. The van der Waals surface area contributed by atoms with Crippen molar-refractivity contribution in [1.29, 1.82) is 0 Å². The van der Waals surface area contributed by atoms with Crippen LogP contribution in [0.2, 0.25) is 0 Å². The molecular weight excluding hydrogens is 352 g/mol. The molecule has 0 spiro atoms. The summed E-state index contributed by atoms with van der Waals surface area (Å²) in [6.07, 6.45) is 7.22. The number of amides is 3. The zero-order valence-electron chi connectivity index (χ0n) is 14.6. The average molecular weight is 374 g/mol. The Morgan fingerprint density at radius 1 is 1.38 bits per heavy atom. The maximum absolute atomic E-state index is 12.8. The molecule has 9 heteroatoms. The fourth-order valence-electron chi connectivity index (χ4n) is 3.32. The lowest BCUT2D eigenvalue weighted by Crippen LogP contribution is -2.55. The summed E-state index contributed by atoms with van der Waals surface area (Å²) in [7, 11) is 1.82. The van der Waals surface area contributed by atoms with Gasteiger partial charge in [-0.15, -0.1) is 11.3 Å². The number of aromatic nitrogens is 3. The molecule has 2 aromatic heterocycles. The third kappa shape index (κ3) is 3.57. The number of hydrogen-bond donors (Lipinski definition) is 2. The van der Waals surface area contributed by atoms with E-state index in [0.717, 1.165) is 24.3 Å². The van der Waals surface area contributed by atoms with Gasteiger partial charge in [0, 0.05) is 37.4 Å². The monoisotopic (exact) mass is 374 g/mol. The molecule has 0 bridgehead atoms. The van der Waals surface area contributed by atoms with Crippen molar-refractivity contribution >= 4 is 29.1 Å². The first-order valence-corrected chi connectivity index (χ1v) is 9.77. The topological polar surface area (TPSA) is 92.1 Å². The van der Waals surface area contributed by atoms with Crippen LogP contribution in [0.15, 0.2) is 23.8 Å². The molecule has 4 rings (SSSR count). The van der Waals surface area contributed by atoms with Gasteiger partial charge in [0.2, 0.25) is 0 Å². The number of nitrogens with zero attached hydrogens (tertiary/aromatic N) is 4. The third-order valence-electron chi connectivity index (χ3n) is 4.82. The maximum atomic E-state index is 12.8. The first kappa shape index (κ1) is 17.0. The Kier molecular flexibility index (Phi) is 4.62. The molecule has 2 atom stereocenters. The van der Waals surface area contributed by atoms with Crippen molar-refractivity contribution in [3.63, 3.8) is 0 Å². The van der Waals surface area contributed by atoms with E-state index in [9.17, 15) is 9.59 Å². The van der Waals surface area contributed by atoms with E-state index in [2.05, 4.69) is 20.7 Å². The summed E-state index contributed by atoms with van der Waals surface area (Å²) >= 11 is 1.55.